The van der Waals surface area contributed by atoms with E-state index in [9.17, 15) is 4.39 Å². The van der Waals surface area contributed by atoms with Crippen LogP contribution in [0.3, 0.4) is 0 Å². The lowest BCUT2D eigenvalue weighted by Gasteiger charge is -2.31. The molecule has 2 unspecified atom stereocenters. The highest BCUT2D eigenvalue weighted by molar-refractivity contribution is 5.26. The van der Waals surface area contributed by atoms with E-state index in [-0.39, 0.29) is 11.9 Å². The fourth-order valence-electron chi connectivity index (χ4n) is 3.02. The first kappa shape index (κ1) is 14.3. The van der Waals surface area contributed by atoms with Crippen LogP contribution in [0.25, 0.3) is 0 Å². The summed E-state index contributed by atoms with van der Waals surface area (Å²) in [6, 6.07) is 1.49. The van der Waals surface area contributed by atoms with Crippen LogP contribution in [0.4, 0.5) is 4.39 Å². The number of rotatable bonds is 4. The van der Waals surface area contributed by atoms with Gasteiger partial charge in [0.25, 0.3) is 0 Å². The summed E-state index contributed by atoms with van der Waals surface area (Å²) in [4.78, 5) is 4.10. The molecule has 1 aromatic rings. The summed E-state index contributed by atoms with van der Waals surface area (Å²) >= 11 is 0. The van der Waals surface area contributed by atoms with Gasteiger partial charge in [0.1, 0.15) is 11.9 Å². The van der Waals surface area contributed by atoms with Crippen LogP contribution in [0, 0.1) is 17.7 Å². The largest absolute Gasteiger partial charge is 0.474 e. The number of ether oxygens (including phenoxy) is 1. The van der Waals surface area contributed by atoms with Crippen LogP contribution < -0.4 is 10.1 Å². The average Bonchev–Trinajstić information content (AvgIpc) is 2.32. The van der Waals surface area contributed by atoms with Crippen molar-refractivity contribution in [3.63, 3.8) is 0 Å². The predicted octanol–water partition coefficient (Wildman–Crippen LogP) is 3.14. The van der Waals surface area contributed by atoms with Gasteiger partial charge in [0, 0.05) is 12.1 Å². The number of aromatic nitrogens is 1. The SMILES string of the molecule is CNCc1cc(F)cnc1OC1CC(C)CC(C)C1. The second-order valence-corrected chi connectivity index (χ2v) is 5.81. The van der Waals surface area contributed by atoms with Crippen LogP contribution >= 0.6 is 0 Å². The van der Waals surface area contributed by atoms with Crippen molar-refractivity contribution in [3.8, 4) is 5.88 Å². The Bertz CT molecular complexity index is 415. The van der Waals surface area contributed by atoms with E-state index in [1.807, 2.05) is 7.05 Å². The summed E-state index contributed by atoms with van der Waals surface area (Å²) in [5, 5.41) is 3.02. The van der Waals surface area contributed by atoms with Crippen LogP contribution in [0.2, 0.25) is 0 Å². The fourth-order valence-corrected chi connectivity index (χ4v) is 3.02. The van der Waals surface area contributed by atoms with Crippen molar-refractivity contribution in [1.82, 2.24) is 10.3 Å². The molecule has 19 heavy (non-hydrogen) atoms. The molecule has 1 fully saturated rings. The summed E-state index contributed by atoms with van der Waals surface area (Å²) in [5.41, 5.74) is 0.786. The van der Waals surface area contributed by atoms with Gasteiger partial charge in [0.2, 0.25) is 5.88 Å². The lowest BCUT2D eigenvalue weighted by Crippen LogP contribution is -2.29. The smallest absolute Gasteiger partial charge is 0.218 e. The molecule has 0 spiro atoms. The second-order valence-electron chi connectivity index (χ2n) is 5.81. The number of nitrogens with zero attached hydrogens (tertiary/aromatic N) is 1. The minimum absolute atomic E-state index is 0.201. The van der Waals surface area contributed by atoms with E-state index < -0.39 is 0 Å². The molecule has 106 valence electrons. The Morgan fingerprint density at radius 3 is 2.63 bits per heavy atom. The van der Waals surface area contributed by atoms with Crippen LogP contribution in [-0.4, -0.2) is 18.1 Å². The molecular weight excluding hydrogens is 243 g/mol. The van der Waals surface area contributed by atoms with Crippen LogP contribution in [0.5, 0.6) is 5.88 Å². The van der Waals surface area contributed by atoms with Crippen LogP contribution in [-0.2, 0) is 6.54 Å². The van der Waals surface area contributed by atoms with Gasteiger partial charge in [-0.25, -0.2) is 9.37 Å². The minimum Gasteiger partial charge on any atom is -0.474 e. The van der Waals surface area contributed by atoms with Gasteiger partial charge in [-0.2, -0.15) is 0 Å². The normalized spacial score (nSPS) is 27.3. The minimum atomic E-state index is -0.317. The molecule has 1 N–H and O–H groups in total. The number of hydrogen-bond acceptors (Lipinski definition) is 3. The Balaban J connectivity index is 2.09. The molecule has 1 heterocycles. The first-order valence-electron chi connectivity index (χ1n) is 7.04. The highest BCUT2D eigenvalue weighted by Crippen LogP contribution is 2.31. The molecule has 3 nitrogen and oxygen atoms in total. The molecule has 1 aliphatic carbocycles. The summed E-state index contributed by atoms with van der Waals surface area (Å²) in [6.07, 6.45) is 4.81. The van der Waals surface area contributed by atoms with Crippen LogP contribution in [0.1, 0.15) is 38.7 Å². The molecule has 0 bridgehead atoms. The van der Waals surface area contributed by atoms with Gasteiger partial charge in [0.05, 0.1) is 6.20 Å². The van der Waals surface area contributed by atoms with Gasteiger partial charge in [-0.1, -0.05) is 13.8 Å². The van der Waals surface area contributed by atoms with E-state index in [2.05, 4.69) is 24.1 Å². The molecule has 1 saturated carbocycles. The molecule has 0 amide bonds. The zero-order valence-corrected chi connectivity index (χ0v) is 11.9. The monoisotopic (exact) mass is 266 g/mol. The summed E-state index contributed by atoms with van der Waals surface area (Å²) in [7, 11) is 1.83. The van der Waals surface area contributed by atoms with Crippen molar-refractivity contribution in [1.29, 1.82) is 0 Å². The molecule has 0 aliphatic heterocycles. The summed E-state index contributed by atoms with van der Waals surface area (Å²) in [5.74, 6) is 1.62. The van der Waals surface area contributed by atoms with Crippen molar-refractivity contribution in [2.75, 3.05) is 7.05 Å². The maximum atomic E-state index is 13.2. The van der Waals surface area contributed by atoms with E-state index in [4.69, 9.17) is 4.74 Å². The molecule has 0 saturated heterocycles. The van der Waals surface area contributed by atoms with E-state index in [0.717, 1.165) is 18.4 Å². The van der Waals surface area contributed by atoms with E-state index in [0.29, 0.717) is 24.3 Å². The maximum absolute atomic E-state index is 13.2. The van der Waals surface area contributed by atoms with Crippen molar-refractivity contribution in [3.05, 3.63) is 23.6 Å². The van der Waals surface area contributed by atoms with Crippen LogP contribution in [0.15, 0.2) is 12.3 Å². The molecule has 2 atom stereocenters. The Labute approximate surface area is 114 Å². The second kappa shape index (κ2) is 6.33. The van der Waals surface area contributed by atoms with Gasteiger partial charge in [0.15, 0.2) is 0 Å². The number of nitrogens with one attached hydrogen (secondary N) is 1. The van der Waals surface area contributed by atoms with Crippen molar-refractivity contribution in [2.45, 2.75) is 45.8 Å². The number of hydrogen-bond donors (Lipinski definition) is 1. The van der Waals surface area contributed by atoms with Crippen molar-refractivity contribution < 1.29 is 9.13 Å². The predicted molar refractivity (Wildman–Crippen MR) is 73.6 cm³/mol. The molecule has 0 radical (unpaired) electrons. The average molecular weight is 266 g/mol. The Kier molecular flexibility index (Phi) is 4.75. The lowest BCUT2D eigenvalue weighted by molar-refractivity contribution is 0.0954. The first-order valence-corrected chi connectivity index (χ1v) is 7.04. The van der Waals surface area contributed by atoms with Crippen molar-refractivity contribution >= 4 is 0 Å². The Hall–Kier alpha value is -1.16. The molecule has 1 aliphatic rings. The summed E-state index contributed by atoms with van der Waals surface area (Å²) in [6.45, 7) is 5.09. The highest BCUT2D eigenvalue weighted by atomic mass is 19.1. The third kappa shape index (κ3) is 3.90. The lowest BCUT2D eigenvalue weighted by atomic mass is 9.82. The third-order valence-electron chi connectivity index (χ3n) is 3.67. The highest BCUT2D eigenvalue weighted by Gasteiger charge is 2.26. The molecule has 4 heteroatoms. The van der Waals surface area contributed by atoms with E-state index >= 15 is 0 Å². The summed E-state index contributed by atoms with van der Waals surface area (Å²) < 4.78 is 19.2. The molecule has 1 aromatic heterocycles. The molecule has 2 rings (SSSR count). The Morgan fingerprint density at radius 1 is 1.32 bits per heavy atom. The standard InChI is InChI=1S/C15H23FN2O/c1-10-4-11(2)6-14(5-10)19-15-12(8-17-3)7-13(16)9-18-15/h7,9-11,14,17H,4-6,8H2,1-3H3. The van der Waals surface area contributed by atoms with Gasteiger partial charge < -0.3 is 10.1 Å². The molecular formula is C15H23FN2O. The van der Waals surface area contributed by atoms with Gasteiger partial charge in [-0.3, -0.25) is 0 Å². The topological polar surface area (TPSA) is 34.2 Å². The third-order valence-corrected chi connectivity index (χ3v) is 3.67. The molecule has 0 aromatic carbocycles. The van der Waals surface area contributed by atoms with Gasteiger partial charge >= 0.3 is 0 Å². The quantitative estimate of drug-likeness (QED) is 0.909. The fraction of sp³-hybridized carbons (Fsp3) is 0.667. The zero-order chi connectivity index (χ0) is 13.8. The zero-order valence-electron chi connectivity index (χ0n) is 11.9. The van der Waals surface area contributed by atoms with E-state index in [1.54, 1.807) is 0 Å². The first-order chi connectivity index (χ1) is 9.08. The van der Waals surface area contributed by atoms with Gasteiger partial charge in [-0.05, 0) is 44.2 Å². The number of halogens is 1. The maximum Gasteiger partial charge on any atom is 0.218 e. The van der Waals surface area contributed by atoms with Crippen molar-refractivity contribution in [2.24, 2.45) is 11.8 Å². The number of pyridine rings is 1. The Morgan fingerprint density at radius 2 is 2.00 bits per heavy atom. The van der Waals surface area contributed by atoms with Gasteiger partial charge in [-0.15, -0.1) is 0 Å². The van der Waals surface area contributed by atoms with E-state index in [1.165, 1.54) is 18.7 Å².